The molecular formula is C15H27O3PSi. The standard InChI is InChI=1S/C15H27O3PSi/c1-7-17-19(16,18-8-2)15(20(4,5)6)14-11-9-13(3)10-12-14/h9-12,15H,7-8H2,1-6H3/i15D. The van der Waals surface area contributed by atoms with Crippen LogP contribution in [0.1, 0.15) is 31.6 Å². The van der Waals surface area contributed by atoms with Gasteiger partial charge in [0.25, 0.3) is 0 Å². The van der Waals surface area contributed by atoms with Crippen LogP contribution in [0, 0.1) is 6.92 Å². The Morgan fingerprint density at radius 3 is 1.95 bits per heavy atom. The summed E-state index contributed by atoms with van der Waals surface area (Å²) in [5.74, 6) is 0. The molecule has 0 amide bonds. The Morgan fingerprint density at radius 1 is 1.15 bits per heavy atom. The molecule has 0 saturated heterocycles. The highest BCUT2D eigenvalue weighted by atomic mass is 31.2. The number of hydrogen-bond acceptors (Lipinski definition) is 3. The average molecular weight is 315 g/mol. The highest BCUT2D eigenvalue weighted by molar-refractivity contribution is 7.57. The molecule has 0 N–H and O–H groups in total. The number of rotatable bonds is 7. The summed E-state index contributed by atoms with van der Waals surface area (Å²) in [6.07, 6.45) is 0. The molecule has 0 aromatic heterocycles. The molecule has 5 heteroatoms. The molecule has 0 spiro atoms. The molecule has 0 aliphatic rings. The van der Waals surface area contributed by atoms with E-state index in [4.69, 9.17) is 10.4 Å². The van der Waals surface area contributed by atoms with E-state index in [1.807, 2.05) is 50.8 Å². The molecule has 1 aromatic carbocycles. The van der Waals surface area contributed by atoms with Crippen LogP contribution in [0.5, 0.6) is 0 Å². The first-order valence-electron chi connectivity index (χ1n) is 7.58. The van der Waals surface area contributed by atoms with Gasteiger partial charge < -0.3 is 9.05 Å². The van der Waals surface area contributed by atoms with Crippen LogP contribution < -0.4 is 0 Å². The fourth-order valence-electron chi connectivity index (χ4n) is 2.22. The second-order valence-corrected chi connectivity index (χ2v) is 13.2. The van der Waals surface area contributed by atoms with Gasteiger partial charge in [-0.1, -0.05) is 49.5 Å². The number of hydrogen-bond donors (Lipinski definition) is 0. The van der Waals surface area contributed by atoms with Gasteiger partial charge in [-0.05, 0) is 26.3 Å². The zero-order chi connectivity index (χ0) is 16.3. The van der Waals surface area contributed by atoms with Gasteiger partial charge in [0.1, 0.15) is 0 Å². The van der Waals surface area contributed by atoms with E-state index in [1.54, 1.807) is 13.8 Å². The lowest BCUT2D eigenvalue weighted by atomic mass is 10.2. The molecule has 0 radical (unpaired) electrons. The largest absolute Gasteiger partial charge is 0.335 e. The minimum Gasteiger partial charge on any atom is -0.309 e. The van der Waals surface area contributed by atoms with Gasteiger partial charge in [0, 0.05) is 1.37 Å². The van der Waals surface area contributed by atoms with Gasteiger partial charge in [-0.3, -0.25) is 4.57 Å². The average Bonchev–Trinajstić information content (AvgIpc) is 2.37. The highest BCUT2D eigenvalue weighted by Crippen LogP contribution is 2.64. The minimum absolute atomic E-state index is 0.272. The van der Waals surface area contributed by atoms with Gasteiger partial charge in [0.2, 0.25) is 0 Å². The van der Waals surface area contributed by atoms with Gasteiger partial charge in [0.05, 0.1) is 26.5 Å². The zero-order valence-corrected chi connectivity index (χ0v) is 15.3. The van der Waals surface area contributed by atoms with Crippen LogP contribution in [0.2, 0.25) is 19.6 Å². The van der Waals surface area contributed by atoms with Crippen LogP contribution in [-0.4, -0.2) is 21.3 Å². The zero-order valence-electron chi connectivity index (χ0n) is 14.4. The molecule has 1 atom stereocenters. The maximum Gasteiger partial charge on any atom is 0.335 e. The fraction of sp³-hybridized carbons (Fsp3) is 0.600. The number of benzene rings is 1. The summed E-state index contributed by atoms with van der Waals surface area (Å²) in [4.78, 5) is 0. The Balaban J connectivity index is 3.52. The third-order valence-corrected chi connectivity index (χ3v) is 9.45. The predicted molar refractivity (Wildman–Crippen MR) is 88.1 cm³/mol. The van der Waals surface area contributed by atoms with Crippen LogP contribution in [-0.2, 0) is 13.6 Å². The fourth-order valence-corrected chi connectivity index (χ4v) is 8.40. The maximum absolute atomic E-state index is 13.4. The summed E-state index contributed by atoms with van der Waals surface area (Å²) in [7, 11) is -5.80. The van der Waals surface area contributed by atoms with Crippen molar-refractivity contribution < 1.29 is 15.0 Å². The molecule has 1 unspecified atom stereocenters. The molecule has 0 aliphatic heterocycles. The van der Waals surface area contributed by atoms with Gasteiger partial charge >= 0.3 is 7.60 Å². The van der Waals surface area contributed by atoms with Gasteiger partial charge in [-0.2, -0.15) is 0 Å². The van der Waals surface area contributed by atoms with E-state index in [-0.39, 0.29) is 13.2 Å². The van der Waals surface area contributed by atoms with E-state index in [2.05, 4.69) is 0 Å². The molecule has 1 rings (SSSR count). The maximum atomic E-state index is 13.4. The van der Waals surface area contributed by atoms with Crippen molar-refractivity contribution in [3.63, 3.8) is 0 Å². The second-order valence-electron chi connectivity index (χ2n) is 5.80. The van der Waals surface area contributed by atoms with Crippen LogP contribution in [0.25, 0.3) is 0 Å². The topological polar surface area (TPSA) is 35.5 Å². The SMILES string of the molecule is [2H]C(c1ccc(C)cc1)([Si](C)(C)C)P(=O)(OCC)OCC. The lowest BCUT2D eigenvalue weighted by Gasteiger charge is -2.34. The van der Waals surface area contributed by atoms with Crippen molar-refractivity contribution in [3.8, 4) is 0 Å². The number of aryl methyl sites for hydroxylation is 1. The summed E-state index contributed by atoms with van der Waals surface area (Å²) in [5, 5.41) is -1.32. The Kier molecular flexibility index (Phi) is 5.62. The van der Waals surface area contributed by atoms with Crippen molar-refractivity contribution in [3.05, 3.63) is 35.4 Å². The quantitative estimate of drug-likeness (QED) is 0.514. The lowest BCUT2D eigenvalue weighted by molar-refractivity contribution is 0.217. The van der Waals surface area contributed by atoms with E-state index >= 15 is 0 Å². The normalized spacial score (nSPS) is 16.6. The van der Waals surface area contributed by atoms with Gasteiger partial charge in [-0.15, -0.1) is 0 Å². The first kappa shape index (κ1) is 16.0. The second kappa shape index (κ2) is 7.03. The minimum atomic E-state index is -3.57. The van der Waals surface area contributed by atoms with Crippen LogP contribution in [0.15, 0.2) is 24.3 Å². The smallest absolute Gasteiger partial charge is 0.309 e. The molecule has 1 aromatic rings. The molecular weight excluding hydrogens is 287 g/mol. The summed E-state index contributed by atoms with van der Waals surface area (Å²) < 4.78 is 33.5. The summed E-state index contributed by atoms with van der Waals surface area (Å²) in [6.45, 7) is 12.2. The van der Waals surface area contributed by atoms with E-state index < -0.39 is 20.9 Å². The van der Waals surface area contributed by atoms with Crippen molar-refractivity contribution in [2.75, 3.05) is 13.2 Å². The molecule has 20 heavy (non-hydrogen) atoms. The Labute approximate surface area is 125 Å². The van der Waals surface area contributed by atoms with Crippen molar-refractivity contribution in [2.24, 2.45) is 0 Å². The van der Waals surface area contributed by atoms with Gasteiger partial charge in [0.15, 0.2) is 0 Å². The van der Waals surface area contributed by atoms with E-state index in [0.717, 1.165) is 11.1 Å². The van der Waals surface area contributed by atoms with Crippen molar-refractivity contribution in [1.29, 1.82) is 0 Å². The van der Waals surface area contributed by atoms with Crippen LogP contribution >= 0.6 is 7.60 Å². The lowest BCUT2D eigenvalue weighted by Crippen LogP contribution is -2.32. The van der Waals surface area contributed by atoms with E-state index in [1.165, 1.54) is 0 Å². The Bertz CT molecular complexity index is 503. The third-order valence-electron chi connectivity index (χ3n) is 2.91. The summed E-state index contributed by atoms with van der Waals surface area (Å²) in [5.41, 5.74) is 1.83. The predicted octanol–water partition coefficient (Wildman–Crippen LogP) is 5.18. The molecule has 3 nitrogen and oxygen atoms in total. The van der Waals surface area contributed by atoms with Crippen LogP contribution in [0.3, 0.4) is 0 Å². The highest BCUT2D eigenvalue weighted by Gasteiger charge is 2.45. The first-order valence-corrected chi connectivity index (χ1v) is 12.1. The Morgan fingerprint density at radius 2 is 1.60 bits per heavy atom. The van der Waals surface area contributed by atoms with Gasteiger partial charge in [-0.25, -0.2) is 0 Å². The van der Waals surface area contributed by atoms with Crippen molar-refractivity contribution in [1.82, 2.24) is 0 Å². The van der Waals surface area contributed by atoms with Crippen LogP contribution in [0.4, 0.5) is 0 Å². The molecule has 0 aliphatic carbocycles. The monoisotopic (exact) mass is 315 g/mol. The first-order chi connectivity index (χ1) is 9.62. The Hall–Kier alpha value is -0.413. The summed E-state index contributed by atoms with van der Waals surface area (Å²) >= 11 is 0. The van der Waals surface area contributed by atoms with E-state index in [9.17, 15) is 4.57 Å². The molecule has 114 valence electrons. The van der Waals surface area contributed by atoms with E-state index in [0.29, 0.717) is 0 Å². The van der Waals surface area contributed by atoms with Crippen molar-refractivity contribution in [2.45, 2.75) is 45.7 Å². The van der Waals surface area contributed by atoms with Crippen molar-refractivity contribution >= 4 is 15.7 Å². The molecule has 0 fully saturated rings. The summed E-state index contributed by atoms with van der Waals surface area (Å²) in [6, 6.07) is 7.65. The molecule has 0 bridgehead atoms. The third kappa shape index (κ3) is 4.29. The molecule has 0 heterocycles. The molecule has 0 saturated carbocycles.